The number of benzene rings is 4. The average Bonchev–Trinajstić information content (AvgIpc) is 3.31. The van der Waals surface area contributed by atoms with Gasteiger partial charge in [0.15, 0.2) is 0 Å². The van der Waals surface area contributed by atoms with Crippen molar-refractivity contribution in [3.8, 4) is 11.6 Å². The molecule has 0 radical (unpaired) electrons. The van der Waals surface area contributed by atoms with Crippen molar-refractivity contribution in [2.45, 2.75) is 43.7 Å². The van der Waals surface area contributed by atoms with Crippen LogP contribution in [0.2, 0.25) is 10.0 Å². The summed E-state index contributed by atoms with van der Waals surface area (Å²) < 4.78 is 104. The van der Waals surface area contributed by atoms with Crippen LogP contribution >= 0.6 is 23.2 Å². The lowest BCUT2D eigenvalue weighted by atomic mass is 9.84. The molecule has 1 aliphatic heterocycles. The lowest BCUT2D eigenvalue weighted by Gasteiger charge is -2.32. The zero-order valence-corrected chi connectivity index (χ0v) is 39.1. The molecule has 0 spiro atoms. The fourth-order valence-corrected chi connectivity index (χ4v) is 8.55. The molecule has 1 fully saturated rings. The number of alkyl halides is 3. The first-order chi connectivity index (χ1) is 31.9. The number of nitrogens with zero attached hydrogens (tertiary/aromatic N) is 2. The maximum absolute atomic E-state index is 13.3. The Balaban J connectivity index is 0.948. The van der Waals surface area contributed by atoms with E-state index < -0.39 is 15.5 Å². The van der Waals surface area contributed by atoms with Crippen molar-refractivity contribution >= 4 is 49.8 Å². The Labute approximate surface area is 394 Å². The first-order valence-corrected chi connectivity index (χ1v) is 24.1. The highest BCUT2D eigenvalue weighted by Crippen LogP contribution is 2.38. The van der Waals surface area contributed by atoms with Gasteiger partial charge >= 0.3 is 15.5 Å². The van der Waals surface area contributed by atoms with Gasteiger partial charge in [-0.1, -0.05) is 72.6 Å². The normalized spacial score (nSPS) is 14.0. The van der Waals surface area contributed by atoms with Gasteiger partial charge < -0.3 is 38.5 Å². The van der Waals surface area contributed by atoms with Gasteiger partial charge in [0.2, 0.25) is 5.88 Å². The van der Waals surface area contributed by atoms with E-state index in [2.05, 4.69) is 24.4 Å². The maximum Gasteiger partial charge on any atom is 0.511 e. The van der Waals surface area contributed by atoms with E-state index in [1.165, 1.54) is 5.56 Å². The molecule has 1 N–H and O–H groups in total. The minimum absolute atomic E-state index is 0.159. The zero-order chi connectivity index (χ0) is 46.8. The fourth-order valence-electron chi connectivity index (χ4n) is 7.31. The van der Waals surface area contributed by atoms with Gasteiger partial charge in [0.1, 0.15) is 19.0 Å². The number of ether oxygens (including phenoxy) is 7. The summed E-state index contributed by atoms with van der Waals surface area (Å²) in [7, 11) is -5.42. The van der Waals surface area contributed by atoms with Crippen LogP contribution in [0.1, 0.15) is 47.9 Å². The number of hydrogen-bond donors (Lipinski definition) is 1. The monoisotopic (exact) mass is 977 g/mol. The SMILES string of the molecule is CCc1ccc(OCCOCCOCCOCCOCCOCCOc2cc(NC3CCN(S(=O)(=O)C(F)(F)F)CC3)c3cc(C(c4ccc(Cl)cc4)c4ccc(Cl)cc4)ccc3n2)cc1. The molecule has 1 aromatic heterocycles. The second kappa shape index (κ2) is 25.8. The van der Waals surface area contributed by atoms with Crippen molar-refractivity contribution in [2.75, 3.05) is 97.7 Å². The Bertz CT molecular complexity index is 2290. The van der Waals surface area contributed by atoms with Crippen LogP contribution in [-0.2, 0) is 40.1 Å². The van der Waals surface area contributed by atoms with E-state index in [1.54, 1.807) is 6.07 Å². The van der Waals surface area contributed by atoms with Gasteiger partial charge in [-0.25, -0.2) is 13.4 Å². The fraction of sp³-hybridized carbons (Fsp3) is 0.438. The maximum atomic E-state index is 13.3. The summed E-state index contributed by atoms with van der Waals surface area (Å²) in [5, 5.41) is 5.43. The van der Waals surface area contributed by atoms with Gasteiger partial charge in [-0.05, 0) is 90.0 Å². The van der Waals surface area contributed by atoms with E-state index in [-0.39, 0.29) is 51.1 Å². The Hall–Kier alpha value is -4.23. The van der Waals surface area contributed by atoms with Crippen LogP contribution in [0.25, 0.3) is 10.9 Å². The molecular weight excluding hydrogens is 923 g/mol. The van der Waals surface area contributed by atoms with Crippen molar-refractivity contribution in [1.82, 2.24) is 9.29 Å². The number of fused-ring (bicyclic) bond motifs is 1. The third-order valence-electron chi connectivity index (χ3n) is 10.8. The highest BCUT2D eigenvalue weighted by Gasteiger charge is 2.50. The Kier molecular flexibility index (Phi) is 20.0. The molecule has 0 amide bonds. The van der Waals surface area contributed by atoms with Gasteiger partial charge in [0, 0.05) is 52.2 Å². The highest BCUT2D eigenvalue weighted by molar-refractivity contribution is 7.90. The molecular formula is C48H56Cl2F3N3O9S. The topological polar surface area (TPSA) is 127 Å². The number of piperidine rings is 1. The highest BCUT2D eigenvalue weighted by atomic mass is 35.5. The minimum Gasteiger partial charge on any atom is -0.491 e. The van der Waals surface area contributed by atoms with E-state index in [4.69, 9.17) is 61.3 Å². The number of rotatable bonds is 27. The summed E-state index contributed by atoms with van der Waals surface area (Å²) in [6.45, 7) is 6.32. The molecule has 66 heavy (non-hydrogen) atoms. The van der Waals surface area contributed by atoms with E-state index in [1.807, 2.05) is 78.9 Å². The number of pyridine rings is 1. The zero-order valence-electron chi connectivity index (χ0n) is 36.8. The summed E-state index contributed by atoms with van der Waals surface area (Å²) in [5.41, 5.74) is 0.0942. The van der Waals surface area contributed by atoms with E-state index in [9.17, 15) is 21.6 Å². The largest absolute Gasteiger partial charge is 0.511 e. The summed E-state index contributed by atoms with van der Waals surface area (Å²) >= 11 is 12.5. The molecule has 1 aliphatic rings. The Morgan fingerprint density at radius 1 is 0.652 bits per heavy atom. The van der Waals surface area contributed by atoms with Crippen LogP contribution in [-0.4, -0.2) is 122 Å². The molecule has 0 unspecified atom stereocenters. The summed E-state index contributed by atoms with van der Waals surface area (Å²) in [5.74, 6) is 0.935. The van der Waals surface area contributed by atoms with Crippen LogP contribution < -0.4 is 14.8 Å². The molecule has 5 aromatic rings. The van der Waals surface area contributed by atoms with Crippen molar-refractivity contribution < 1.29 is 54.7 Å². The number of hydrogen-bond acceptors (Lipinski definition) is 11. The minimum atomic E-state index is -5.42. The third kappa shape index (κ3) is 15.4. The third-order valence-corrected chi connectivity index (χ3v) is 12.9. The second-order valence-corrected chi connectivity index (χ2v) is 18.1. The predicted octanol–water partition coefficient (Wildman–Crippen LogP) is 9.55. The Morgan fingerprint density at radius 2 is 1.12 bits per heavy atom. The van der Waals surface area contributed by atoms with Crippen LogP contribution in [0, 0.1) is 0 Å². The van der Waals surface area contributed by atoms with Crippen molar-refractivity contribution in [3.63, 3.8) is 0 Å². The van der Waals surface area contributed by atoms with Gasteiger partial charge in [-0.15, -0.1) is 0 Å². The molecule has 6 rings (SSSR count). The summed E-state index contributed by atoms with van der Waals surface area (Å²) in [6, 6.07) is 30.6. The Morgan fingerprint density at radius 3 is 1.61 bits per heavy atom. The average molecular weight is 979 g/mol. The molecule has 0 atom stereocenters. The standard InChI is InChI=1S/C48H56Cl2F3N3O9S/c1-2-35-3-14-42(15-4-35)64-31-29-62-27-25-60-23-21-59-22-24-61-26-28-63-30-32-65-46-34-45(54-41-17-19-56(20-18-41)66(57,58)48(51,52)53)43-33-38(9-16-44(43)55-46)47(36-5-10-39(49)11-6-36)37-7-12-40(50)13-8-37/h3-16,33-34,41,47H,2,17-32H2,1H3,(H,54,55). The van der Waals surface area contributed by atoms with Crippen molar-refractivity contribution in [1.29, 1.82) is 0 Å². The van der Waals surface area contributed by atoms with E-state index in [0.29, 0.717) is 97.5 Å². The lowest BCUT2D eigenvalue weighted by Crippen LogP contribution is -2.47. The summed E-state index contributed by atoms with van der Waals surface area (Å²) in [4.78, 5) is 4.77. The van der Waals surface area contributed by atoms with E-state index in [0.717, 1.165) is 34.2 Å². The van der Waals surface area contributed by atoms with Crippen LogP contribution in [0.15, 0.2) is 97.1 Å². The van der Waals surface area contributed by atoms with Crippen molar-refractivity contribution in [3.05, 3.63) is 129 Å². The number of aromatic nitrogens is 1. The molecule has 0 bridgehead atoms. The lowest BCUT2D eigenvalue weighted by molar-refractivity contribution is -0.0494. The molecule has 4 aromatic carbocycles. The molecule has 18 heteroatoms. The quantitative estimate of drug-likeness (QED) is 0.0400. The molecule has 0 saturated carbocycles. The smallest absolute Gasteiger partial charge is 0.491 e. The number of sulfonamides is 1. The molecule has 0 aliphatic carbocycles. The van der Waals surface area contributed by atoms with Gasteiger partial charge in [-0.3, -0.25) is 0 Å². The first-order valence-electron chi connectivity index (χ1n) is 21.9. The van der Waals surface area contributed by atoms with E-state index >= 15 is 0 Å². The number of halogens is 5. The molecule has 12 nitrogen and oxygen atoms in total. The van der Waals surface area contributed by atoms with Crippen LogP contribution in [0.5, 0.6) is 11.6 Å². The van der Waals surface area contributed by atoms with Crippen LogP contribution in [0.4, 0.5) is 18.9 Å². The van der Waals surface area contributed by atoms with Crippen molar-refractivity contribution in [2.24, 2.45) is 0 Å². The predicted molar refractivity (Wildman–Crippen MR) is 250 cm³/mol. The number of anilines is 1. The first kappa shape index (κ1) is 51.2. The number of nitrogens with one attached hydrogen (secondary N) is 1. The van der Waals surface area contributed by atoms with Gasteiger partial charge in [0.05, 0.1) is 71.6 Å². The summed E-state index contributed by atoms with van der Waals surface area (Å²) in [6.07, 6.45) is 1.31. The molecule has 358 valence electrons. The second-order valence-electron chi connectivity index (χ2n) is 15.3. The molecule has 1 saturated heterocycles. The van der Waals surface area contributed by atoms with Gasteiger partial charge in [0.25, 0.3) is 0 Å². The van der Waals surface area contributed by atoms with Gasteiger partial charge in [-0.2, -0.15) is 17.5 Å². The molecule has 2 heterocycles. The van der Waals surface area contributed by atoms with Crippen LogP contribution in [0.3, 0.4) is 0 Å². The number of aryl methyl sites for hydroxylation is 1.